The number of aromatic nitrogens is 1. The molecule has 1 heterocycles. The summed E-state index contributed by atoms with van der Waals surface area (Å²) in [6.45, 7) is 5.16. The first-order chi connectivity index (χ1) is 12.4. The molecule has 140 valence electrons. The van der Waals surface area contributed by atoms with Crippen molar-refractivity contribution < 1.29 is 14.3 Å². The molecule has 0 saturated carbocycles. The fourth-order valence-corrected chi connectivity index (χ4v) is 3.33. The molecule has 1 aromatic carbocycles. The molecule has 0 radical (unpaired) electrons. The van der Waals surface area contributed by atoms with Gasteiger partial charge in [-0.3, -0.25) is 0 Å². The van der Waals surface area contributed by atoms with E-state index in [0.717, 1.165) is 10.9 Å². The summed E-state index contributed by atoms with van der Waals surface area (Å²) in [5.74, 6) is -0.00501. The number of carbonyl (C=O) groups is 2. The average Bonchev–Trinajstić information content (AvgIpc) is 3.08. The fraction of sp³-hybridized carbons (Fsp3) is 0.389. The first-order valence-corrected chi connectivity index (χ1v) is 9.91. The van der Waals surface area contributed by atoms with E-state index in [4.69, 9.17) is 0 Å². The van der Waals surface area contributed by atoms with Crippen LogP contribution in [0.5, 0.6) is 0 Å². The number of para-hydroxylation sites is 1. The van der Waals surface area contributed by atoms with Crippen LogP contribution in [0.1, 0.15) is 35.8 Å². The Morgan fingerprint density at radius 3 is 2.73 bits per heavy atom. The minimum Gasteiger partial charge on any atom is -0.464 e. The number of anilines is 1. The molecule has 1 N–H and O–H groups in total. The average molecular weight is 440 g/mol. The number of benzene rings is 1. The topological polar surface area (TPSA) is 71.5 Å². The number of nitrogens with one attached hydrogen (secondary N) is 1. The lowest BCUT2D eigenvalue weighted by Gasteiger charge is -2.23. The zero-order chi connectivity index (χ0) is 19.1. The van der Waals surface area contributed by atoms with Crippen molar-refractivity contribution in [1.82, 2.24) is 9.88 Å². The van der Waals surface area contributed by atoms with Gasteiger partial charge in [0.15, 0.2) is 5.69 Å². The second-order valence-corrected chi connectivity index (χ2v) is 7.93. The Morgan fingerprint density at radius 1 is 1.35 bits per heavy atom. The van der Waals surface area contributed by atoms with Crippen molar-refractivity contribution in [3.63, 3.8) is 0 Å². The van der Waals surface area contributed by atoms with Gasteiger partial charge < -0.3 is 15.0 Å². The smallest absolute Gasteiger partial charge is 0.357 e. The number of rotatable bonds is 7. The molecular weight excluding hydrogens is 418 g/mol. The van der Waals surface area contributed by atoms with E-state index in [-0.39, 0.29) is 11.7 Å². The molecule has 0 unspecified atom stereocenters. The van der Waals surface area contributed by atoms with Crippen LogP contribution in [-0.2, 0) is 11.3 Å². The van der Waals surface area contributed by atoms with Gasteiger partial charge >= 0.3 is 12.0 Å². The van der Waals surface area contributed by atoms with E-state index in [0.29, 0.717) is 29.7 Å². The van der Waals surface area contributed by atoms with E-state index in [2.05, 4.69) is 44.8 Å². The van der Waals surface area contributed by atoms with Crippen molar-refractivity contribution in [3.05, 3.63) is 44.8 Å². The first-order valence-electron chi connectivity index (χ1n) is 8.24. The molecular formula is C18H22BrN3O3S. The van der Waals surface area contributed by atoms with Gasteiger partial charge in [-0.15, -0.1) is 11.3 Å². The molecule has 0 aliphatic rings. The Labute approximate surface area is 165 Å². The number of amides is 2. The van der Waals surface area contributed by atoms with Gasteiger partial charge in [0, 0.05) is 16.4 Å². The van der Waals surface area contributed by atoms with Crippen molar-refractivity contribution in [1.29, 1.82) is 0 Å². The van der Waals surface area contributed by atoms with Gasteiger partial charge in [-0.2, -0.15) is 0 Å². The summed E-state index contributed by atoms with van der Waals surface area (Å²) in [4.78, 5) is 30.3. The second kappa shape index (κ2) is 9.68. The summed E-state index contributed by atoms with van der Waals surface area (Å²) >= 11 is 4.78. The molecule has 2 aromatic rings. The quantitative estimate of drug-likeness (QED) is 0.630. The Hall–Kier alpha value is -1.93. The SMILES string of the molecule is COC(=O)c1csc(CN(CCC(C)C)C(=O)Nc2ccccc2Br)n1. The van der Waals surface area contributed by atoms with Crippen LogP contribution >= 0.6 is 27.3 Å². The zero-order valence-electron chi connectivity index (χ0n) is 15.0. The second-order valence-electron chi connectivity index (χ2n) is 6.13. The molecule has 0 atom stereocenters. The van der Waals surface area contributed by atoms with Gasteiger partial charge in [0.1, 0.15) is 5.01 Å². The Kier molecular flexibility index (Phi) is 7.59. The third-order valence-electron chi connectivity index (χ3n) is 3.65. The van der Waals surface area contributed by atoms with E-state index in [9.17, 15) is 9.59 Å². The van der Waals surface area contributed by atoms with E-state index >= 15 is 0 Å². The number of ether oxygens (including phenoxy) is 1. The third kappa shape index (κ3) is 5.81. The molecule has 1 aromatic heterocycles. The Bertz CT molecular complexity index is 764. The number of halogens is 1. The number of carbonyl (C=O) groups excluding carboxylic acids is 2. The molecule has 0 spiro atoms. The molecule has 8 heteroatoms. The summed E-state index contributed by atoms with van der Waals surface area (Å²) in [5, 5.41) is 5.26. The lowest BCUT2D eigenvalue weighted by Crippen LogP contribution is -2.35. The summed E-state index contributed by atoms with van der Waals surface area (Å²) < 4.78 is 5.50. The van der Waals surface area contributed by atoms with E-state index in [1.807, 2.05) is 24.3 Å². The van der Waals surface area contributed by atoms with Gasteiger partial charge in [-0.05, 0) is 40.4 Å². The van der Waals surface area contributed by atoms with Crippen molar-refractivity contribution in [2.24, 2.45) is 5.92 Å². The van der Waals surface area contributed by atoms with Crippen molar-refractivity contribution in [2.45, 2.75) is 26.8 Å². The highest BCUT2D eigenvalue weighted by atomic mass is 79.9. The van der Waals surface area contributed by atoms with Crippen LogP contribution in [0.4, 0.5) is 10.5 Å². The molecule has 26 heavy (non-hydrogen) atoms. The Balaban J connectivity index is 2.11. The number of thiazole rings is 1. The highest BCUT2D eigenvalue weighted by Gasteiger charge is 2.19. The number of urea groups is 1. The zero-order valence-corrected chi connectivity index (χ0v) is 17.4. The fourth-order valence-electron chi connectivity index (χ4n) is 2.17. The maximum Gasteiger partial charge on any atom is 0.357 e. The molecule has 0 fully saturated rings. The highest BCUT2D eigenvalue weighted by molar-refractivity contribution is 9.10. The van der Waals surface area contributed by atoms with E-state index in [1.165, 1.54) is 18.4 Å². The third-order valence-corrected chi connectivity index (χ3v) is 5.18. The molecule has 6 nitrogen and oxygen atoms in total. The lowest BCUT2D eigenvalue weighted by atomic mass is 10.1. The normalized spacial score (nSPS) is 10.7. The Morgan fingerprint density at radius 2 is 2.08 bits per heavy atom. The van der Waals surface area contributed by atoms with E-state index in [1.54, 1.807) is 10.3 Å². The lowest BCUT2D eigenvalue weighted by molar-refractivity contribution is 0.0594. The molecule has 0 aliphatic heterocycles. The maximum absolute atomic E-state index is 12.8. The van der Waals surface area contributed by atoms with Crippen LogP contribution in [0.15, 0.2) is 34.1 Å². The van der Waals surface area contributed by atoms with Crippen LogP contribution < -0.4 is 5.32 Å². The molecule has 2 amide bonds. The van der Waals surface area contributed by atoms with Gasteiger partial charge in [0.2, 0.25) is 0 Å². The largest absolute Gasteiger partial charge is 0.464 e. The van der Waals surface area contributed by atoms with Crippen LogP contribution in [0.3, 0.4) is 0 Å². The van der Waals surface area contributed by atoms with Crippen LogP contribution in [0.25, 0.3) is 0 Å². The summed E-state index contributed by atoms with van der Waals surface area (Å²) in [5.41, 5.74) is 0.976. The van der Waals surface area contributed by atoms with Crippen molar-refractivity contribution in [2.75, 3.05) is 19.0 Å². The number of nitrogens with zero attached hydrogens (tertiary/aromatic N) is 2. The van der Waals surface area contributed by atoms with Gasteiger partial charge in [0.25, 0.3) is 0 Å². The molecule has 0 bridgehead atoms. The molecule has 0 aliphatic carbocycles. The number of methoxy groups -OCH3 is 1. The predicted molar refractivity (Wildman–Crippen MR) is 106 cm³/mol. The minimum atomic E-state index is -0.473. The first kappa shape index (κ1) is 20.4. The van der Waals surface area contributed by atoms with Gasteiger partial charge in [0.05, 0.1) is 19.3 Å². The van der Waals surface area contributed by atoms with Crippen molar-refractivity contribution in [3.8, 4) is 0 Å². The number of esters is 1. The van der Waals surface area contributed by atoms with Crippen LogP contribution in [0.2, 0.25) is 0 Å². The van der Waals surface area contributed by atoms with E-state index < -0.39 is 5.97 Å². The molecule has 2 rings (SSSR count). The predicted octanol–water partition coefficient (Wildman–Crippen LogP) is 4.77. The summed E-state index contributed by atoms with van der Waals surface area (Å²) in [7, 11) is 1.32. The van der Waals surface area contributed by atoms with Gasteiger partial charge in [-0.25, -0.2) is 14.6 Å². The summed E-state index contributed by atoms with van der Waals surface area (Å²) in [6.07, 6.45) is 0.874. The summed E-state index contributed by atoms with van der Waals surface area (Å²) in [6, 6.07) is 7.26. The van der Waals surface area contributed by atoms with Gasteiger partial charge in [-0.1, -0.05) is 26.0 Å². The van der Waals surface area contributed by atoms with Crippen LogP contribution in [-0.4, -0.2) is 35.5 Å². The standard InChI is InChI=1S/C18H22BrN3O3S/c1-12(2)8-9-22(10-16-20-15(11-26-16)17(23)25-3)18(24)21-14-7-5-4-6-13(14)19/h4-7,11-12H,8-10H2,1-3H3,(H,21,24). The number of hydrogen-bond acceptors (Lipinski definition) is 5. The van der Waals surface area contributed by atoms with Crippen LogP contribution in [0, 0.1) is 5.92 Å². The maximum atomic E-state index is 12.8. The monoisotopic (exact) mass is 439 g/mol. The van der Waals surface area contributed by atoms with Crippen molar-refractivity contribution >= 4 is 45.0 Å². The minimum absolute atomic E-state index is 0.202. The number of hydrogen-bond donors (Lipinski definition) is 1. The molecule has 0 saturated heterocycles. The highest BCUT2D eigenvalue weighted by Crippen LogP contribution is 2.22.